The molecule has 0 spiro atoms. The lowest BCUT2D eigenvalue weighted by molar-refractivity contribution is 0.0952. The number of sulfone groups is 1. The van der Waals surface area contributed by atoms with Crippen molar-refractivity contribution < 1.29 is 13.2 Å². The summed E-state index contributed by atoms with van der Waals surface area (Å²) in [6, 6.07) is 0. The number of nitrogens with zero attached hydrogens (tertiary/aromatic N) is 1. The minimum absolute atomic E-state index is 0.186. The molecule has 1 unspecified atom stereocenters. The molecular formula is C11H17N3O3S. The molecule has 1 aromatic rings. The van der Waals surface area contributed by atoms with Gasteiger partial charge in [-0.15, -0.1) is 0 Å². The van der Waals surface area contributed by atoms with Gasteiger partial charge in [0.05, 0.1) is 22.3 Å². The van der Waals surface area contributed by atoms with E-state index in [2.05, 4.69) is 15.5 Å². The van der Waals surface area contributed by atoms with E-state index in [0.717, 1.165) is 0 Å². The van der Waals surface area contributed by atoms with Crippen molar-refractivity contribution in [1.82, 2.24) is 15.5 Å². The molecule has 1 fully saturated rings. The fourth-order valence-electron chi connectivity index (χ4n) is 2.27. The number of amides is 1. The van der Waals surface area contributed by atoms with E-state index < -0.39 is 15.1 Å². The summed E-state index contributed by atoms with van der Waals surface area (Å²) in [5, 5.41) is 8.92. The van der Waals surface area contributed by atoms with Crippen molar-refractivity contribution >= 4 is 15.7 Å². The van der Waals surface area contributed by atoms with Crippen molar-refractivity contribution in [2.24, 2.45) is 0 Å². The Kier molecular flexibility index (Phi) is 3.43. The molecule has 2 N–H and O–H groups in total. The first-order chi connectivity index (χ1) is 8.42. The number of carbonyl (C=O) groups is 1. The lowest BCUT2D eigenvalue weighted by atomic mass is 10.2. The highest BCUT2D eigenvalue weighted by Crippen LogP contribution is 2.19. The van der Waals surface area contributed by atoms with E-state index >= 15 is 0 Å². The minimum atomic E-state index is -3.01. The van der Waals surface area contributed by atoms with E-state index in [0.29, 0.717) is 29.8 Å². The van der Waals surface area contributed by atoms with E-state index in [1.807, 2.05) is 0 Å². The van der Waals surface area contributed by atoms with Crippen molar-refractivity contribution in [3.63, 3.8) is 0 Å². The first kappa shape index (κ1) is 13.1. The van der Waals surface area contributed by atoms with Crippen molar-refractivity contribution in [3.8, 4) is 0 Å². The second kappa shape index (κ2) is 4.72. The number of aromatic amines is 1. The number of hydrogen-bond donors (Lipinski definition) is 2. The Bertz CT molecular complexity index is 543. The Morgan fingerprint density at radius 1 is 1.50 bits per heavy atom. The number of aryl methyl sites for hydroxylation is 2. The monoisotopic (exact) mass is 271 g/mol. The molecule has 0 aliphatic carbocycles. The van der Waals surface area contributed by atoms with Gasteiger partial charge in [-0.05, 0) is 26.7 Å². The highest BCUT2D eigenvalue weighted by atomic mass is 32.2. The first-order valence-corrected chi connectivity index (χ1v) is 7.64. The SMILES string of the molecule is Cc1n[nH]c(C)c1C(=O)NCC1CCCS1(=O)=O. The molecule has 1 aliphatic rings. The number of H-pyrrole nitrogens is 1. The van der Waals surface area contributed by atoms with Crippen molar-refractivity contribution in [1.29, 1.82) is 0 Å². The molecule has 6 nitrogen and oxygen atoms in total. The van der Waals surface area contributed by atoms with Gasteiger partial charge in [0.2, 0.25) is 0 Å². The molecule has 1 aliphatic heterocycles. The second-order valence-electron chi connectivity index (χ2n) is 4.65. The second-order valence-corrected chi connectivity index (χ2v) is 7.05. The Balaban J connectivity index is 2.01. The molecule has 7 heteroatoms. The van der Waals surface area contributed by atoms with Gasteiger partial charge < -0.3 is 5.32 Å². The van der Waals surface area contributed by atoms with Crippen molar-refractivity contribution in [3.05, 3.63) is 17.0 Å². The predicted molar refractivity (Wildman–Crippen MR) is 67.2 cm³/mol. The van der Waals surface area contributed by atoms with Gasteiger partial charge in [0.1, 0.15) is 0 Å². The summed E-state index contributed by atoms with van der Waals surface area (Å²) in [6.45, 7) is 3.69. The standard InChI is InChI=1S/C11H17N3O3S/c1-7-10(8(2)14-13-7)11(15)12-6-9-4-3-5-18(9,16)17/h9H,3-6H2,1-2H3,(H,12,15)(H,13,14). The fraction of sp³-hybridized carbons (Fsp3) is 0.636. The van der Waals surface area contributed by atoms with Crippen LogP contribution in [0.15, 0.2) is 0 Å². The van der Waals surface area contributed by atoms with Gasteiger partial charge in [0.25, 0.3) is 5.91 Å². The van der Waals surface area contributed by atoms with Gasteiger partial charge in [-0.1, -0.05) is 0 Å². The Morgan fingerprint density at radius 2 is 2.22 bits per heavy atom. The summed E-state index contributed by atoms with van der Waals surface area (Å²) >= 11 is 0. The maximum atomic E-state index is 11.9. The summed E-state index contributed by atoms with van der Waals surface area (Å²) in [5.41, 5.74) is 1.82. The van der Waals surface area contributed by atoms with E-state index in [1.165, 1.54) is 0 Å². The number of nitrogens with one attached hydrogen (secondary N) is 2. The molecule has 0 bridgehead atoms. The zero-order chi connectivity index (χ0) is 13.3. The van der Waals surface area contributed by atoms with Crippen LogP contribution >= 0.6 is 0 Å². The van der Waals surface area contributed by atoms with Gasteiger partial charge >= 0.3 is 0 Å². The van der Waals surface area contributed by atoms with Crippen LogP contribution in [0, 0.1) is 13.8 Å². The first-order valence-electron chi connectivity index (χ1n) is 5.93. The van der Waals surface area contributed by atoms with Crippen LogP contribution in [0.25, 0.3) is 0 Å². The van der Waals surface area contributed by atoms with Crippen LogP contribution in [0.4, 0.5) is 0 Å². The van der Waals surface area contributed by atoms with Crippen LogP contribution in [0.3, 0.4) is 0 Å². The minimum Gasteiger partial charge on any atom is -0.351 e. The molecule has 0 aromatic carbocycles. The zero-order valence-electron chi connectivity index (χ0n) is 10.5. The highest BCUT2D eigenvalue weighted by Gasteiger charge is 2.31. The topological polar surface area (TPSA) is 91.9 Å². The van der Waals surface area contributed by atoms with Crippen LogP contribution in [-0.4, -0.2) is 42.1 Å². The lowest BCUT2D eigenvalue weighted by Gasteiger charge is -2.10. The van der Waals surface area contributed by atoms with E-state index in [9.17, 15) is 13.2 Å². The van der Waals surface area contributed by atoms with Gasteiger partial charge in [-0.25, -0.2) is 8.42 Å². The van der Waals surface area contributed by atoms with Gasteiger partial charge in [0.15, 0.2) is 9.84 Å². The molecule has 100 valence electrons. The van der Waals surface area contributed by atoms with Gasteiger partial charge in [-0.2, -0.15) is 5.10 Å². The van der Waals surface area contributed by atoms with E-state index in [1.54, 1.807) is 13.8 Å². The summed E-state index contributed by atoms with van der Waals surface area (Å²) < 4.78 is 23.2. The molecule has 1 saturated heterocycles. The average Bonchev–Trinajstić information content (AvgIpc) is 2.79. The van der Waals surface area contributed by atoms with Gasteiger partial charge in [0, 0.05) is 12.2 Å². The zero-order valence-corrected chi connectivity index (χ0v) is 11.3. The average molecular weight is 271 g/mol. The van der Waals surface area contributed by atoms with Crippen LogP contribution in [0.2, 0.25) is 0 Å². The lowest BCUT2D eigenvalue weighted by Crippen LogP contribution is -2.35. The molecule has 1 amide bonds. The number of aromatic nitrogens is 2. The van der Waals surface area contributed by atoms with Crippen LogP contribution in [-0.2, 0) is 9.84 Å². The Hall–Kier alpha value is -1.37. The van der Waals surface area contributed by atoms with E-state index in [4.69, 9.17) is 0 Å². The molecule has 1 aromatic heterocycles. The number of rotatable bonds is 3. The molecule has 0 radical (unpaired) electrons. The highest BCUT2D eigenvalue weighted by molar-refractivity contribution is 7.92. The molecule has 0 saturated carbocycles. The van der Waals surface area contributed by atoms with Crippen LogP contribution in [0.1, 0.15) is 34.6 Å². The van der Waals surface area contributed by atoms with Crippen molar-refractivity contribution in [2.75, 3.05) is 12.3 Å². The summed E-state index contributed by atoms with van der Waals surface area (Å²) in [4.78, 5) is 11.9. The normalized spacial score (nSPS) is 22.0. The molecule has 18 heavy (non-hydrogen) atoms. The van der Waals surface area contributed by atoms with Gasteiger partial charge in [-0.3, -0.25) is 9.89 Å². The maximum Gasteiger partial charge on any atom is 0.255 e. The van der Waals surface area contributed by atoms with Crippen molar-refractivity contribution in [2.45, 2.75) is 31.9 Å². The molecule has 2 heterocycles. The summed E-state index contributed by atoms with van der Waals surface area (Å²) in [6.07, 6.45) is 1.32. The largest absolute Gasteiger partial charge is 0.351 e. The summed E-state index contributed by atoms with van der Waals surface area (Å²) in [5.74, 6) is -0.0297. The number of hydrogen-bond acceptors (Lipinski definition) is 4. The third-order valence-electron chi connectivity index (χ3n) is 3.31. The van der Waals surface area contributed by atoms with E-state index in [-0.39, 0.29) is 18.2 Å². The quantitative estimate of drug-likeness (QED) is 0.829. The maximum absolute atomic E-state index is 11.9. The summed E-state index contributed by atoms with van der Waals surface area (Å²) in [7, 11) is -3.01. The van der Waals surface area contributed by atoms with Crippen LogP contribution in [0.5, 0.6) is 0 Å². The molecular weight excluding hydrogens is 254 g/mol. The Labute approximate surface area is 106 Å². The third-order valence-corrected chi connectivity index (χ3v) is 5.58. The smallest absolute Gasteiger partial charge is 0.255 e. The predicted octanol–water partition coefficient (Wildman–Crippen LogP) is 0.334. The number of carbonyl (C=O) groups excluding carboxylic acids is 1. The Morgan fingerprint density at radius 3 is 2.72 bits per heavy atom. The third kappa shape index (κ3) is 2.40. The molecule has 2 rings (SSSR count). The molecule has 1 atom stereocenters. The van der Waals surface area contributed by atoms with Crippen LogP contribution < -0.4 is 5.32 Å². The fourth-order valence-corrected chi connectivity index (χ4v) is 4.03.